The normalized spacial score (nSPS) is 23.1. The van der Waals surface area contributed by atoms with Gasteiger partial charge in [0.2, 0.25) is 0 Å². The Hall–Kier alpha value is -3.06. The van der Waals surface area contributed by atoms with E-state index in [4.69, 9.17) is 4.98 Å². The summed E-state index contributed by atoms with van der Waals surface area (Å²) in [5, 5.41) is 3.52. The molecule has 0 aromatic carbocycles. The Kier molecular flexibility index (Phi) is 3.83. The van der Waals surface area contributed by atoms with Crippen LogP contribution in [0.25, 0.3) is 17.3 Å². The molecule has 2 saturated heterocycles. The van der Waals surface area contributed by atoms with Gasteiger partial charge in [-0.25, -0.2) is 14.4 Å². The van der Waals surface area contributed by atoms with E-state index in [1.165, 1.54) is 12.5 Å². The summed E-state index contributed by atoms with van der Waals surface area (Å²) in [6.45, 7) is 3.83. The predicted octanol–water partition coefficient (Wildman–Crippen LogP) is 2.78. The quantitative estimate of drug-likeness (QED) is 0.713. The Morgan fingerprint density at radius 2 is 2.10 bits per heavy atom. The SMILES string of the molecule is Cc1cc(F)c2nc(C3=Cc4ccc(N5C[C@@H]6C[C@H]5CN6)nc4CCC3=O)cn2c1. The van der Waals surface area contributed by atoms with Gasteiger partial charge in [-0.1, -0.05) is 0 Å². The number of halogens is 1. The van der Waals surface area contributed by atoms with Gasteiger partial charge in [-0.15, -0.1) is 0 Å². The molecule has 5 heterocycles. The molecule has 6 rings (SSSR count). The summed E-state index contributed by atoms with van der Waals surface area (Å²) in [5.41, 5.74) is 3.95. The Balaban J connectivity index is 1.39. The van der Waals surface area contributed by atoms with Crippen molar-refractivity contribution < 1.29 is 9.18 Å². The number of imidazole rings is 1. The summed E-state index contributed by atoms with van der Waals surface area (Å²) in [6, 6.07) is 6.63. The van der Waals surface area contributed by atoms with Crippen LogP contribution in [0.3, 0.4) is 0 Å². The number of ketones is 1. The van der Waals surface area contributed by atoms with Crippen molar-refractivity contribution in [2.45, 2.75) is 38.3 Å². The first-order valence-electron chi connectivity index (χ1n) is 10.5. The molecule has 2 fully saturated rings. The molecule has 0 amide bonds. The first kappa shape index (κ1) is 17.8. The van der Waals surface area contributed by atoms with E-state index in [0.717, 1.165) is 35.7 Å². The largest absolute Gasteiger partial charge is 0.351 e. The zero-order valence-corrected chi connectivity index (χ0v) is 16.7. The number of aromatic nitrogens is 3. The molecule has 0 saturated carbocycles. The van der Waals surface area contributed by atoms with Gasteiger partial charge in [0.1, 0.15) is 5.82 Å². The second-order valence-electron chi connectivity index (χ2n) is 8.56. The predicted molar refractivity (Wildman–Crippen MR) is 113 cm³/mol. The third kappa shape index (κ3) is 2.76. The minimum absolute atomic E-state index is 0.0134. The number of aryl methyl sites for hydroxylation is 2. The molecular weight excluding hydrogens is 381 g/mol. The first-order chi connectivity index (χ1) is 14.5. The van der Waals surface area contributed by atoms with Gasteiger partial charge in [-0.05, 0) is 55.2 Å². The average molecular weight is 403 g/mol. The number of anilines is 1. The van der Waals surface area contributed by atoms with Crippen LogP contribution in [-0.2, 0) is 11.2 Å². The van der Waals surface area contributed by atoms with Crippen molar-refractivity contribution in [3.05, 3.63) is 58.9 Å². The van der Waals surface area contributed by atoms with Crippen LogP contribution in [0.2, 0.25) is 0 Å². The number of Topliss-reactive ketones (excluding diaryl/α,β-unsaturated/α-hetero) is 1. The summed E-state index contributed by atoms with van der Waals surface area (Å²) in [6.07, 6.45) is 7.56. The van der Waals surface area contributed by atoms with E-state index in [1.807, 2.05) is 19.2 Å². The molecule has 1 N–H and O–H groups in total. The molecule has 2 bridgehead atoms. The molecule has 3 aromatic rings. The molecule has 30 heavy (non-hydrogen) atoms. The summed E-state index contributed by atoms with van der Waals surface area (Å²) >= 11 is 0. The molecule has 0 spiro atoms. The molecule has 3 aliphatic rings. The highest BCUT2D eigenvalue weighted by molar-refractivity contribution is 6.25. The standard InChI is InChI=1S/C23H22FN5O/c1-13-6-18(24)23-27-20(12-28(23)10-13)17-7-14-2-5-22(26-19(14)3-4-21(17)30)29-11-15-8-16(29)9-25-15/h2,5-7,10,12,15-16,25H,3-4,8-9,11H2,1H3/t15-,16-/m0/s1. The van der Waals surface area contributed by atoms with E-state index in [2.05, 4.69) is 27.3 Å². The smallest absolute Gasteiger partial charge is 0.173 e. The third-order valence-corrected chi connectivity index (χ3v) is 6.45. The van der Waals surface area contributed by atoms with E-state index in [0.29, 0.717) is 36.2 Å². The summed E-state index contributed by atoms with van der Waals surface area (Å²) in [4.78, 5) is 24.6. The number of nitrogens with one attached hydrogen (secondary N) is 1. The number of nitrogens with zero attached hydrogens (tertiary/aromatic N) is 4. The van der Waals surface area contributed by atoms with Crippen LogP contribution >= 0.6 is 0 Å². The maximum atomic E-state index is 14.3. The highest BCUT2D eigenvalue weighted by Gasteiger charge is 2.38. The topological polar surface area (TPSA) is 62.5 Å². The van der Waals surface area contributed by atoms with Crippen molar-refractivity contribution >= 4 is 28.9 Å². The van der Waals surface area contributed by atoms with Gasteiger partial charge in [0.15, 0.2) is 17.2 Å². The van der Waals surface area contributed by atoms with E-state index in [1.54, 1.807) is 10.6 Å². The highest BCUT2D eigenvalue weighted by Crippen LogP contribution is 2.32. The van der Waals surface area contributed by atoms with Gasteiger partial charge in [-0.2, -0.15) is 0 Å². The number of piperazine rings is 1. The van der Waals surface area contributed by atoms with Crippen LogP contribution in [0.1, 0.15) is 35.4 Å². The van der Waals surface area contributed by atoms with Crippen molar-refractivity contribution in [2.24, 2.45) is 0 Å². The lowest BCUT2D eigenvalue weighted by atomic mass is 10.1. The molecule has 1 aliphatic carbocycles. The molecule has 6 nitrogen and oxygen atoms in total. The maximum Gasteiger partial charge on any atom is 0.173 e. The van der Waals surface area contributed by atoms with E-state index < -0.39 is 0 Å². The van der Waals surface area contributed by atoms with E-state index >= 15 is 0 Å². The first-order valence-corrected chi connectivity index (χ1v) is 10.5. The van der Waals surface area contributed by atoms with Crippen molar-refractivity contribution in [3.63, 3.8) is 0 Å². The molecule has 3 aromatic heterocycles. The Morgan fingerprint density at radius 1 is 1.20 bits per heavy atom. The zero-order chi connectivity index (χ0) is 20.4. The fraction of sp³-hybridized carbons (Fsp3) is 0.348. The fourth-order valence-corrected chi connectivity index (χ4v) is 4.97. The van der Waals surface area contributed by atoms with E-state index in [9.17, 15) is 9.18 Å². The number of hydrogen-bond acceptors (Lipinski definition) is 5. The van der Waals surface area contributed by atoms with Crippen LogP contribution in [0.5, 0.6) is 0 Å². The lowest BCUT2D eigenvalue weighted by Crippen LogP contribution is -2.44. The van der Waals surface area contributed by atoms with Gasteiger partial charge in [0.05, 0.1) is 11.4 Å². The number of pyridine rings is 2. The van der Waals surface area contributed by atoms with Crippen LogP contribution in [-0.4, -0.2) is 45.3 Å². The van der Waals surface area contributed by atoms with Crippen LogP contribution < -0.4 is 10.2 Å². The van der Waals surface area contributed by atoms with Gasteiger partial charge in [0, 0.05) is 49.6 Å². The molecule has 152 valence electrons. The lowest BCUT2D eigenvalue weighted by Gasteiger charge is -2.29. The number of allylic oxidation sites excluding steroid dienone is 1. The molecule has 0 radical (unpaired) electrons. The van der Waals surface area contributed by atoms with Gasteiger partial charge in [0.25, 0.3) is 0 Å². The number of fused-ring (bicyclic) bond motifs is 4. The zero-order valence-electron chi connectivity index (χ0n) is 16.7. The van der Waals surface area contributed by atoms with E-state index in [-0.39, 0.29) is 17.2 Å². The molecule has 2 atom stereocenters. The second-order valence-corrected chi connectivity index (χ2v) is 8.56. The number of rotatable bonds is 2. The third-order valence-electron chi connectivity index (χ3n) is 6.45. The minimum atomic E-state index is -0.385. The highest BCUT2D eigenvalue weighted by atomic mass is 19.1. The van der Waals surface area contributed by atoms with Crippen LogP contribution in [0, 0.1) is 12.7 Å². The molecular formula is C23H22FN5O. The van der Waals surface area contributed by atoms with Gasteiger partial charge >= 0.3 is 0 Å². The minimum Gasteiger partial charge on any atom is -0.351 e. The van der Waals surface area contributed by atoms with Crippen molar-refractivity contribution in [1.82, 2.24) is 19.7 Å². The second kappa shape index (κ2) is 6.47. The van der Waals surface area contributed by atoms with Gasteiger partial charge in [-0.3, -0.25) is 4.79 Å². The van der Waals surface area contributed by atoms with Gasteiger partial charge < -0.3 is 14.6 Å². The van der Waals surface area contributed by atoms with Crippen LogP contribution in [0.15, 0.2) is 30.6 Å². The summed E-state index contributed by atoms with van der Waals surface area (Å²) < 4.78 is 15.9. The monoisotopic (exact) mass is 403 g/mol. The summed E-state index contributed by atoms with van der Waals surface area (Å²) in [5.74, 6) is 0.626. The molecule has 2 aliphatic heterocycles. The number of hydrogen-bond donors (Lipinski definition) is 1. The molecule has 7 heteroatoms. The number of carbonyl (C=O) groups excluding carboxylic acids is 1. The Morgan fingerprint density at radius 3 is 2.90 bits per heavy atom. The van der Waals surface area contributed by atoms with Crippen molar-refractivity contribution in [1.29, 1.82) is 0 Å². The molecule has 0 unspecified atom stereocenters. The lowest BCUT2D eigenvalue weighted by molar-refractivity contribution is -0.113. The van der Waals surface area contributed by atoms with Crippen molar-refractivity contribution in [3.8, 4) is 0 Å². The Bertz CT molecular complexity index is 1230. The van der Waals surface area contributed by atoms with Crippen molar-refractivity contribution in [2.75, 3.05) is 18.0 Å². The average Bonchev–Trinajstić information content (AvgIpc) is 3.43. The number of carbonyl (C=O) groups is 1. The van der Waals surface area contributed by atoms with Crippen LogP contribution in [0.4, 0.5) is 10.2 Å². The Labute approximate surface area is 173 Å². The maximum absolute atomic E-state index is 14.3. The fourth-order valence-electron chi connectivity index (χ4n) is 4.97. The summed E-state index contributed by atoms with van der Waals surface area (Å²) in [7, 11) is 0.